The van der Waals surface area contributed by atoms with Crippen LogP contribution in [0.15, 0.2) is 24.3 Å². The SMILES string of the molecule is C[C@@H]1CCCC[C@H]1NCCCN1CCN(C(=O)C=Cc2ccc(Cl)c(Cl)c2)CCC1=O. The lowest BCUT2D eigenvalue weighted by Crippen LogP contribution is -2.40. The fraction of sp³-hybridized carbons (Fsp3) is 0.583. The molecule has 2 fully saturated rings. The van der Waals surface area contributed by atoms with Crippen LogP contribution in [0.1, 0.15) is 51.0 Å². The van der Waals surface area contributed by atoms with Gasteiger partial charge in [-0.2, -0.15) is 0 Å². The Hall–Kier alpha value is -1.56. The van der Waals surface area contributed by atoms with Gasteiger partial charge in [0.2, 0.25) is 11.8 Å². The van der Waals surface area contributed by atoms with Gasteiger partial charge in [-0.15, -0.1) is 0 Å². The smallest absolute Gasteiger partial charge is 0.246 e. The molecule has 3 rings (SSSR count). The molecule has 5 nitrogen and oxygen atoms in total. The Morgan fingerprint density at radius 3 is 2.74 bits per heavy atom. The molecule has 7 heteroatoms. The summed E-state index contributed by atoms with van der Waals surface area (Å²) < 4.78 is 0. The molecule has 31 heavy (non-hydrogen) atoms. The second-order valence-corrected chi connectivity index (χ2v) is 9.45. The molecule has 1 aromatic rings. The molecule has 1 saturated carbocycles. The molecule has 0 unspecified atom stereocenters. The predicted molar refractivity (Wildman–Crippen MR) is 127 cm³/mol. The van der Waals surface area contributed by atoms with Crippen molar-refractivity contribution in [3.63, 3.8) is 0 Å². The summed E-state index contributed by atoms with van der Waals surface area (Å²) >= 11 is 12.0. The molecule has 2 amide bonds. The maximum Gasteiger partial charge on any atom is 0.246 e. The molecular weight excluding hydrogens is 433 g/mol. The van der Waals surface area contributed by atoms with E-state index < -0.39 is 0 Å². The van der Waals surface area contributed by atoms with Gasteiger partial charge in [-0.25, -0.2) is 0 Å². The summed E-state index contributed by atoms with van der Waals surface area (Å²) in [7, 11) is 0. The van der Waals surface area contributed by atoms with Gasteiger partial charge in [-0.1, -0.05) is 49.0 Å². The zero-order valence-corrected chi connectivity index (χ0v) is 19.8. The highest BCUT2D eigenvalue weighted by atomic mass is 35.5. The third-order valence-electron chi connectivity index (χ3n) is 6.38. The lowest BCUT2D eigenvalue weighted by atomic mass is 9.86. The third kappa shape index (κ3) is 7.23. The maximum absolute atomic E-state index is 12.6. The van der Waals surface area contributed by atoms with E-state index in [0.29, 0.717) is 42.1 Å². The van der Waals surface area contributed by atoms with Crippen LogP contribution >= 0.6 is 23.2 Å². The van der Waals surface area contributed by atoms with E-state index in [-0.39, 0.29) is 11.8 Å². The molecular formula is C24H33Cl2N3O2. The molecule has 1 aromatic carbocycles. The Balaban J connectivity index is 1.43. The molecule has 1 aliphatic heterocycles. The zero-order valence-electron chi connectivity index (χ0n) is 18.3. The van der Waals surface area contributed by atoms with Gasteiger partial charge in [-0.3, -0.25) is 9.59 Å². The van der Waals surface area contributed by atoms with Gasteiger partial charge in [-0.05, 0) is 55.5 Å². The first kappa shape index (κ1) is 24.1. The van der Waals surface area contributed by atoms with Crippen molar-refractivity contribution in [1.29, 1.82) is 0 Å². The molecule has 0 spiro atoms. The molecule has 2 atom stereocenters. The highest BCUT2D eigenvalue weighted by molar-refractivity contribution is 6.42. The number of rotatable bonds is 7. The summed E-state index contributed by atoms with van der Waals surface area (Å²) in [6.45, 7) is 5.62. The van der Waals surface area contributed by atoms with E-state index in [4.69, 9.17) is 23.2 Å². The predicted octanol–water partition coefficient (Wildman–Crippen LogP) is 4.63. The second kappa shape index (κ2) is 11.9. The first-order chi connectivity index (χ1) is 14.9. The van der Waals surface area contributed by atoms with Gasteiger partial charge in [0.05, 0.1) is 10.0 Å². The van der Waals surface area contributed by atoms with Gasteiger partial charge in [0, 0.05) is 44.7 Å². The van der Waals surface area contributed by atoms with Crippen LogP contribution in [0.3, 0.4) is 0 Å². The Morgan fingerprint density at radius 1 is 1.16 bits per heavy atom. The van der Waals surface area contributed by atoms with Gasteiger partial charge in [0.1, 0.15) is 0 Å². The summed E-state index contributed by atoms with van der Waals surface area (Å²) in [4.78, 5) is 28.7. The number of benzene rings is 1. The molecule has 1 heterocycles. The molecule has 1 aliphatic carbocycles. The van der Waals surface area contributed by atoms with Crippen molar-refractivity contribution in [2.75, 3.05) is 32.7 Å². The lowest BCUT2D eigenvalue weighted by Gasteiger charge is -2.30. The van der Waals surface area contributed by atoms with Crippen LogP contribution in [0.5, 0.6) is 0 Å². The summed E-state index contributed by atoms with van der Waals surface area (Å²) in [5, 5.41) is 4.62. The van der Waals surface area contributed by atoms with E-state index in [1.165, 1.54) is 31.8 Å². The fourth-order valence-electron chi connectivity index (χ4n) is 4.39. The van der Waals surface area contributed by atoms with E-state index in [1.54, 1.807) is 23.1 Å². The van der Waals surface area contributed by atoms with Gasteiger partial charge < -0.3 is 15.1 Å². The number of halogens is 2. The van der Waals surface area contributed by atoms with Crippen molar-refractivity contribution < 1.29 is 9.59 Å². The molecule has 170 valence electrons. The minimum Gasteiger partial charge on any atom is -0.341 e. The Labute approximate surface area is 195 Å². The Morgan fingerprint density at radius 2 is 1.97 bits per heavy atom. The number of nitrogens with one attached hydrogen (secondary N) is 1. The van der Waals surface area contributed by atoms with Gasteiger partial charge >= 0.3 is 0 Å². The Bertz CT molecular complexity index is 799. The normalized spacial score (nSPS) is 22.7. The summed E-state index contributed by atoms with van der Waals surface area (Å²) in [6, 6.07) is 5.86. The minimum absolute atomic E-state index is 0.0892. The first-order valence-electron chi connectivity index (χ1n) is 11.4. The average molecular weight is 466 g/mol. The van der Waals surface area contributed by atoms with Crippen molar-refractivity contribution in [1.82, 2.24) is 15.1 Å². The highest BCUT2D eigenvalue weighted by Gasteiger charge is 2.23. The van der Waals surface area contributed by atoms with Gasteiger partial charge in [0.15, 0.2) is 0 Å². The van der Waals surface area contributed by atoms with Crippen LogP contribution in [-0.4, -0.2) is 60.4 Å². The van der Waals surface area contributed by atoms with E-state index in [0.717, 1.165) is 31.0 Å². The van der Waals surface area contributed by atoms with Crippen LogP contribution in [0.25, 0.3) is 6.08 Å². The maximum atomic E-state index is 12.6. The van der Waals surface area contributed by atoms with Crippen LogP contribution in [0.4, 0.5) is 0 Å². The molecule has 1 saturated heterocycles. The monoisotopic (exact) mass is 465 g/mol. The average Bonchev–Trinajstić information content (AvgIpc) is 2.94. The van der Waals surface area contributed by atoms with E-state index in [9.17, 15) is 9.59 Å². The summed E-state index contributed by atoms with van der Waals surface area (Å²) in [6.07, 6.45) is 9.82. The molecule has 2 aliphatic rings. The molecule has 0 bridgehead atoms. The number of carbonyl (C=O) groups excluding carboxylic acids is 2. The quantitative estimate of drug-likeness (QED) is 0.471. The zero-order chi connectivity index (χ0) is 22.2. The second-order valence-electron chi connectivity index (χ2n) is 8.64. The lowest BCUT2D eigenvalue weighted by molar-refractivity contribution is -0.130. The standard InChI is InChI=1S/C24H33Cl2N3O2/c1-18-5-2-3-6-22(18)27-12-4-13-28-15-16-29(14-11-24(28)31)23(30)10-8-19-7-9-20(25)21(26)17-19/h7-10,17-18,22,27H,2-6,11-16H2,1H3/t18-,22-/m1/s1. The minimum atomic E-state index is -0.0892. The van der Waals surface area contributed by atoms with Crippen LogP contribution in [0.2, 0.25) is 10.0 Å². The number of hydrogen-bond donors (Lipinski definition) is 1. The largest absolute Gasteiger partial charge is 0.341 e. The van der Waals surface area contributed by atoms with Crippen molar-refractivity contribution in [2.24, 2.45) is 5.92 Å². The number of nitrogens with zero attached hydrogens (tertiary/aromatic N) is 2. The Kier molecular flexibility index (Phi) is 9.24. The van der Waals surface area contributed by atoms with E-state index in [1.807, 2.05) is 11.0 Å². The molecule has 0 radical (unpaired) electrons. The van der Waals surface area contributed by atoms with Crippen molar-refractivity contribution in [3.8, 4) is 0 Å². The summed E-state index contributed by atoms with van der Waals surface area (Å²) in [5.41, 5.74) is 0.815. The van der Waals surface area contributed by atoms with E-state index in [2.05, 4.69) is 12.2 Å². The number of amides is 2. The van der Waals surface area contributed by atoms with Gasteiger partial charge in [0.25, 0.3) is 0 Å². The van der Waals surface area contributed by atoms with Crippen molar-refractivity contribution in [3.05, 3.63) is 39.9 Å². The topological polar surface area (TPSA) is 52.6 Å². The molecule has 0 aromatic heterocycles. The van der Waals surface area contributed by atoms with Crippen LogP contribution in [0, 0.1) is 5.92 Å². The first-order valence-corrected chi connectivity index (χ1v) is 12.1. The number of carbonyl (C=O) groups is 2. The third-order valence-corrected chi connectivity index (χ3v) is 7.12. The summed E-state index contributed by atoms with van der Waals surface area (Å²) in [5.74, 6) is 0.786. The van der Waals surface area contributed by atoms with Crippen molar-refractivity contribution in [2.45, 2.75) is 51.5 Å². The van der Waals surface area contributed by atoms with E-state index >= 15 is 0 Å². The van der Waals surface area contributed by atoms with Crippen molar-refractivity contribution >= 4 is 41.1 Å². The van der Waals surface area contributed by atoms with Crippen LogP contribution < -0.4 is 5.32 Å². The number of hydrogen-bond acceptors (Lipinski definition) is 3. The highest BCUT2D eigenvalue weighted by Crippen LogP contribution is 2.24. The fourth-order valence-corrected chi connectivity index (χ4v) is 4.70. The molecule has 1 N–H and O–H groups in total. The van der Waals surface area contributed by atoms with Crippen LogP contribution in [-0.2, 0) is 9.59 Å².